The van der Waals surface area contributed by atoms with E-state index in [2.05, 4.69) is 36.5 Å². The molecule has 1 heterocycles. The van der Waals surface area contributed by atoms with Gasteiger partial charge in [-0.1, -0.05) is 19.1 Å². The lowest BCUT2D eigenvalue weighted by atomic mass is 9.96. The number of carbonyl (C=O) groups excluding carboxylic acids is 2. The van der Waals surface area contributed by atoms with Crippen molar-refractivity contribution in [1.82, 2.24) is 10.2 Å². The van der Waals surface area contributed by atoms with Crippen LogP contribution in [0.5, 0.6) is 0 Å². The van der Waals surface area contributed by atoms with Crippen LogP contribution in [0.25, 0.3) is 0 Å². The van der Waals surface area contributed by atoms with E-state index in [4.69, 9.17) is 5.73 Å². The predicted octanol–water partition coefficient (Wildman–Crippen LogP) is 2.77. The van der Waals surface area contributed by atoms with Gasteiger partial charge in [0.05, 0.1) is 6.04 Å². The third kappa shape index (κ3) is 4.89. The number of urea groups is 1. The Hall–Kier alpha value is -1.69. The van der Waals surface area contributed by atoms with Crippen LogP contribution in [0.4, 0.5) is 4.79 Å². The van der Waals surface area contributed by atoms with Crippen molar-refractivity contribution >= 4 is 23.7 Å². The molecule has 1 aromatic rings. The van der Waals surface area contributed by atoms with Crippen LogP contribution in [0.15, 0.2) is 29.2 Å². The summed E-state index contributed by atoms with van der Waals surface area (Å²) in [6.45, 7) is 5.27. The monoisotopic (exact) mass is 335 g/mol. The van der Waals surface area contributed by atoms with Crippen molar-refractivity contribution in [3.05, 3.63) is 29.8 Å². The van der Waals surface area contributed by atoms with E-state index in [1.165, 1.54) is 4.90 Å². The second-order valence-corrected chi connectivity index (χ2v) is 7.17. The number of thioether (sulfide) groups is 1. The average Bonchev–Trinajstić information content (AvgIpc) is 2.55. The summed E-state index contributed by atoms with van der Waals surface area (Å²) in [4.78, 5) is 26.5. The first-order valence-corrected chi connectivity index (χ1v) is 9.07. The number of amides is 3. The Morgan fingerprint density at radius 2 is 1.91 bits per heavy atom. The lowest BCUT2D eigenvalue weighted by Gasteiger charge is -2.31. The molecular weight excluding hydrogens is 310 g/mol. The number of nitrogens with one attached hydrogen (secondary N) is 1. The fraction of sp³-hybridized carbons (Fsp3) is 0.529. The minimum absolute atomic E-state index is 0.0444. The molecule has 1 unspecified atom stereocenters. The van der Waals surface area contributed by atoms with Crippen molar-refractivity contribution < 1.29 is 9.59 Å². The number of piperidine rings is 1. The quantitative estimate of drug-likeness (QED) is 0.813. The summed E-state index contributed by atoms with van der Waals surface area (Å²) in [6, 6.07) is 8.17. The van der Waals surface area contributed by atoms with Gasteiger partial charge in [0, 0.05) is 23.9 Å². The molecule has 5 nitrogen and oxygen atoms in total. The van der Waals surface area contributed by atoms with Crippen molar-refractivity contribution in [2.75, 3.05) is 18.8 Å². The van der Waals surface area contributed by atoms with Crippen molar-refractivity contribution in [3.8, 4) is 0 Å². The first-order valence-electron chi connectivity index (χ1n) is 8.08. The molecule has 0 radical (unpaired) electrons. The molecule has 1 atom stereocenters. The van der Waals surface area contributed by atoms with Gasteiger partial charge in [0.2, 0.25) is 5.91 Å². The molecule has 1 aliphatic heterocycles. The van der Waals surface area contributed by atoms with Crippen LogP contribution < -0.4 is 11.1 Å². The Labute approximate surface area is 142 Å². The second-order valence-electron chi connectivity index (χ2n) is 5.84. The number of primary amides is 1. The van der Waals surface area contributed by atoms with Gasteiger partial charge in [0.15, 0.2) is 0 Å². The molecule has 0 aliphatic carbocycles. The van der Waals surface area contributed by atoms with Gasteiger partial charge in [-0.2, -0.15) is 0 Å². The highest BCUT2D eigenvalue weighted by Crippen LogP contribution is 2.21. The third-order valence-corrected chi connectivity index (χ3v) is 5.11. The van der Waals surface area contributed by atoms with E-state index in [9.17, 15) is 9.59 Å². The number of hydrogen-bond donors (Lipinski definition) is 2. The lowest BCUT2D eigenvalue weighted by molar-refractivity contribution is -0.123. The maximum absolute atomic E-state index is 12.3. The van der Waals surface area contributed by atoms with E-state index in [-0.39, 0.29) is 23.9 Å². The SMILES string of the molecule is CCSc1ccc(C(C)NC(=O)N2CCC(C(N)=O)CC2)cc1. The Morgan fingerprint density at radius 3 is 2.43 bits per heavy atom. The maximum atomic E-state index is 12.3. The smallest absolute Gasteiger partial charge is 0.317 e. The standard InChI is InChI=1S/C17H25N3O2S/c1-3-23-15-6-4-13(5-7-15)12(2)19-17(22)20-10-8-14(9-11-20)16(18)21/h4-7,12,14H,3,8-11H2,1-2H3,(H2,18,21)(H,19,22). The number of rotatable bonds is 5. The van der Waals surface area contributed by atoms with Crippen LogP contribution in [-0.2, 0) is 4.79 Å². The Bertz CT molecular complexity index is 539. The summed E-state index contributed by atoms with van der Waals surface area (Å²) in [5, 5.41) is 3.03. The molecule has 0 spiro atoms. The number of carbonyl (C=O) groups is 2. The summed E-state index contributed by atoms with van der Waals surface area (Å²) in [5.41, 5.74) is 6.41. The van der Waals surface area contributed by atoms with Gasteiger partial charge in [0.1, 0.15) is 0 Å². The fourth-order valence-corrected chi connectivity index (χ4v) is 3.41. The Balaban J connectivity index is 1.86. The molecule has 1 aromatic carbocycles. The van der Waals surface area contributed by atoms with E-state index in [0.29, 0.717) is 25.9 Å². The zero-order valence-corrected chi connectivity index (χ0v) is 14.6. The highest BCUT2D eigenvalue weighted by molar-refractivity contribution is 7.99. The van der Waals surface area contributed by atoms with Crippen molar-refractivity contribution in [3.63, 3.8) is 0 Å². The summed E-state index contributed by atoms with van der Waals surface area (Å²) in [6.07, 6.45) is 1.31. The van der Waals surface area contributed by atoms with Gasteiger partial charge in [-0.25, -0.2) is 4.79 Å². The number of likely N-dealkylation sites (tertiary alicyclic amines) is 1. The highest BCUT2D eigenvalue weighted by Gasteiger charge is 2.26. The summed E-state index contributed by atoms with van der Waals surface area (Å²) >= 11 is 1.80. The molecule has 2 rings (SSSR count). The maximum Gasteiger partial charge on any atom is 0.317 e. The van der Waals surface area contributed by atoms with E-state index in [1.54, 1.807) is 16.7 Å². The molecular formula is C17H25N3O2S. The lowest BCUT2D eigenvalue weighted by Crippen LogP contribution is -2.46. The fourth-order valence-electron chi connectivity index (χ4n) is 2.75. The molecule has 0 saturated carbocycles. The molecule has 126 valence electrons. The summed E-state index contributed by atoms with van der Waals surface area (Å²) < 4.78 is 0. The van der Waals surface area contributed by atoms with E-state index in [1.807, 2.05) is 6.92 Å². The third-order valence-electron chi connectivity index (χ3n) is 4.22. The highest BCUT2D eigenvalue weighted by atomic mass is 32.2. The van der Waals surface area contributed by atoms with Crippen LogP contribution in [0.1, 0.15) is 38.3 Å². The second kappa shape index (κ2) is 8.24. The van der Waals surface area contributed by atoms with Crippen molar-refractivity contribution in [2.45, 2.75) is 37.6 Å². The molecule has 3 N–H and O–H groups in total. The molecule has 6 heteroatoms. The number of nitrogens with zero attached hydrogens (tertiary/aromatic N) is 1. The molecule has 1 fully saturated rings. The molecule has 23 heavy (non-hydrogen) atoms. The molecule has 0 aromatic heterocycles. The number of hydrogen-bond acceptors (Lipinski definition) is 3. The summed E-state index contributed by atoms with van der Waals surface area (Å²) in [5.74, 6) is 0.691. The van der Waals surface area contributed by atoms with Crippen LogP contribution in [0.3, 0.4) is 0 Å². The predicted molar refractivity (Wildman–Crippen MR) is 93.3 cm³/mol. The largest absolute Gasteiger partial charge is 0.369 e. The Kier molecular flexibility index (Phi) is 6.33. The van der Waals surface area contributed by atoms with Crippen LogP contribution >= 0.6 is 11.8 Å². The van der Waals surface area contributed by atoms with Crippen LogP contribution in [0.2, 0.25) is 0 Å². The summed E-state index contributed by atoms with van der Waals surface area (Å²) in [7, 11) is 0. The van der Waals surface area contributed by atoms with Gasteiger partial charge in [0.25, 0.3) is 0 Å². The molecule has 1 saturated heterocycles. The zero-order chi connectivity index (χ0) is 16.8. The Morgan fingerprint density at radius 1 is 1.30 bits per heavy atom. The van der Waals surface area contributed by atoms with Gasteiger partial charge in [-0.05, 0) is 43.2 Å². The van der Waals surface area contributed by atoms with Crippen LogP contribution in [0, 0.1) is 5.92 Å². The minimum Gasteiger partial charge on any atom is -0.369 e. The minimum atomic E-state index is -0.261. The first kappa shape index (κ1) is 17.7. The van der Waals surface area contributed by atoms with Crippen molar-refractivity contribution in [1.29, 1.82) is 0 Å². The van der Waals surface area contributed by atoms with E-state index in [0.717, 1.165) is 11.3 Å². The number of benzene rings is 1. The number of nitrogens with two attached hydrogens (primary N) is 1. The zero-order valence-electron chi connectivity index (χ0n) is 13.7. The van der Waals surface area contributed by atoms with Gasteiger partial charge >= 0.3 is 6.03 Å². The van der Waals surface area contributed by atoms with Gasteiger partial charge in [-0.3, -0.25) is 4.79 Å². The van der Waals surface area contributed by atoms with Gasteiger partial charge < -0.3 is 16.0 Å². The molecule has 1 aliphatic rings. The average molecular weight is 335 g/mol. The molecule has 3 amide bonds. The van der Waals surface area contributed by atoms with Crippen molar-refractivity contribution in [2.24, 2.45) is 11.7 Å². The topological polar surface area (TPSA) is 75.4 Å². The first-order chi connectivity index (χ1) is 11.0. The van der Waals surface area contributed by atoms with Crippen LogP contribution in [-0.4, -0.2) is 35.7 Å². The van der Waals surface area contributed by atoms with E-state index < -0.39 is 0 Å². The molecule has 0 bridgehead atoms. The van der Waals surface area contributed by atoms with Gasteiger partial charge in [-0.15, -0.1) is 11.8 Å². The van der Waals surface area contributed by atoms with E-state index >= 15 is 0 Å². The normalized spacial score (nSPS) is 16.9.